The summed E-state index contributed by atoms with van der Waals surface area (Å²) in [6.07, 6.45) is 4.02. The van der Waals surface area contributed by atoms with E-state index in [1.54, 1.807) is 11.4 Å². The van der Waals surface area contributed by atoms with Crippen molar-refractivity contribution in [2.75, 3.05) is 40.3 Å². The van der Waals surface area contributed by atoms with Crippen LogP contribution in [0.3, 0.4) is 0 Å². The van der Waals surface area contributed by atoms with E-state index in [1.807, 2.05) is 7.05 Å². The third kappa shape index (κ3) is 4.19. The smallest absolute Gasteiger partial charge is 0.281 e. The van der Waals surface area contributed by atoms with Gasteiger partial charge in [0.2, 0.25) is 0 Å². The predicted molar refractivity (Wildman–Crippen MR) is 74.7 cm³/mol. The van der Waals surface area contributed by atoms with Gasteiger partial charge in [-0.15, -0.1) is 0 Å². The third-order valence-corrected chi connectivity index (χ3v) is 5.48. The van der Waals surface area contributed by atoms with Crippen LogP contribution in [0.5, 0.6) is 0 Å². The van der Waals surface area contributed by atoms with Gasteiger partial charge in [-0.05, 0) is 38.8 Å². The first-order valence-corrected chi connectivity index (χ1v) is 8.28. The van der Waals surface area contributed by atoms with Crippen molar-refractivity contribution < 1.29 is 8.42 Å². The first kappa shape index (κ1) is 15.9. The molecule has 6 heteroatoms. The van der Waals surface area contributed by atoms with Gasteiger partial charge in [0, 0.05) is 26.7 Å². The Labute approximate surface area is 112 Å². The predicted octanol–water partition coefficient (Wildman–Crippen LogP) is 0.895. The van der Waals surface area contributed by atoms with E-state index in [1.165, 1.54) is 4.31 Å². The van der Waals surface area contributed by atoms with E-state index >= 15 is 0 Å². The lowest BCUT2D eigenvalue weighted by Crippen LogP contribution is -2.48. The highest BCUT2D eigenvalue weighted by molar-refractivity contribution is 7.86. The third-order valence-electron chi connectivity index (χ3n) is 3.52. The maximum atomic E-state index is 12.4. The summed E-state index contributed by atoms with van der Waals surface area (Å²) in [5, 5.41) is 3.14. The van der Waals surface area contributed by atoms with Crippen molar-refractivity contribution in [1.29, 1.82) is 0 Å². The summed E-state index contributed by atoms with van der Waals surface area (Å²) in [4.78, 5) is 0. The molecule has 1 N–H and O–H groups in total. The zero-order chi connectivity index (χ0) is 13.6. The van der Waals surface area contributed by atoms with Crippen molar-refractivity contribution in [2.24, 2.45) is 5.92 Å². The van der Waals surface area contributed by atoms with Gasteiger partial charge >= 0.3 is 0 Å². The molecule has 0 radical (unpaired) electrons. The molecular weight excluding hydrogens is 250 g/mol. The minimum absolute atomic E-state index is 0.443. The van der Waals surface area contributed by atoms with Crippen molar-refractivity contribution in [3.63, 3.8) is 0 Å². The van der Waals surface area contributed by atoms with Crippen LogP contribution in [-0.4, -0.2) is 57.3 Å². The maximum Gasteiger partial charge on any atom is 0.281 e. The van der Waals surface area contributed by atoms with Gasteiger partial charge in [0.15, 0.2) is 0 Å². The number of hydrogen-bond acceptors (Lipinski definition) is 3. The molecule has 1 fully saturated rings. The Bertz CT molecular complexity index is 330. The van der Waals surface area contributed by atoms with Crippen LogP contribution in [-0.2, 0) is 10.2 Å². The van der Waals surface area contributed by atoms with Crippen LogP contribution in [0, 0.1) is 5.92 Å². The van der Waals surface area contributed by atoms with E-state index in [0.717, 1.165) is 32.2 Å². The first-order valence-electron chi connectivity index (χ1n) is 6.88. The van der Waals surface area contributed by atoms with Crippen molar-refractivity contribution >= 4 is 10.2 Å². The molecule has 1 saturated heterocycles. The molecule has 1 aliphatic heterocycles. The molecule has 0 amide bonds. The van der Waals surface area contributed by atoms with Crippen molar-refractivity contribution in [1.82, 2.24) is 13.9 Å². The monoisotopic (exact) mass is 277 g/mol. The van der Waals surface area contributed by atoms with Gasteiger partial charge in [-0.1, -0.05) is 13.3 Å². The fraction of sp³-hybridized carbons (Fsp3) is 1.00. The van der Waals surface area contributed by atoms with E-state index in [2.05, 4.69) is 12.2 Å². The lowest BCUT2D eigenvalue weighted by Gasteiger charge is -2.34. The second-order valence-electron chi connectivity index (χ2n) is 5.11. The summed E-state index contributed by atoms with van der Waals surface area (Å²) in [6.45, 7) is 4.90. The van der Waals surface area contributed by atoms with Gasteiger partial charge < -0.3 is 5.32 Å². The van der Waals surface area contributed by atoms with E-state index in [0.29, 0.717) is 25.6 Å². The Kier molecular flexibility index (Phi) is 6.55. The Hall–Kier alpha value is -0.170. The lowest BCUT2D eigenvalue weighted by molar-refractivity contribution is 0.248. The average molecular weight is 277 g/mol. The number of piperidine rings is 1. The normalized spacial score (nSPS) is 22.6. The zero-order valence-electron chi connectivity index (χ0n) is 11.9. The van der Waals surface area contributed by atoms with Crippen LogP contribution in [0.1, 0.15) is 32.6 Å². The summed E-state index contributed by atoms with van der Waals surface area (Å²) in [6, 6.07) is 0. The van der Waals surface area contributed by atoms with Crippen LogP contribution in [0.2, 0.25) is 0 Å². The summed E-state index contributed by atoms with van der Waals surface area (Å²) in [7, 11) is 0.358. The summed E-state index contributed by atoms with van der Waals surface area (Å²) < 4.78 is 27.9. The minimum atomic E-state index is -3.25. The number of unbranched alkanes of at least 4 members (excludes halogenated alkanes) is 1. The van der Waals surface area contributed by atoms with Gasteiger partial charge in [-0.2, -0.15) is 17.0 Å². The molecule has 1 aliphatic rings. The summed E-state index contributed by atoms with van der Waals surface area (Å²) >= 11 is 0. The largest absolute Gasteiger partial charge is 0.319 e. The first-order chi connectivity index (χ1) is 8.52. The molecule has 0 bridgehead atoms. The van der Waals surface area contributed by atoms with Crippen molar-refractivity contribution in [3.8, 4) is 0 Å². The number of hydrogen-bond donors (Lipinski definition) is 1. The highest BCUT2D eigenvalue weighted by Crippen LogP contribution is 2.20. The molecule has 5 nitrogen and oxygen atoms in total. The van der Waals surface area contributed by atoms with Crippen molar-refractivity contribution in [3.05, 3.63) is 0 Å². The van der Waals surface area contributed by atoms with Gasteiger partial charge in [-0.3, -0.25) is 0 Å². The van der Waals surface area contributed by atoms with E-state index in [4.69, 9.17) is 0 Å². The molecule has 0 aromatic carbocycles. The summed E-state index contributed by atoms with van der Waals surface area (Å²) in [5.41, 5.74) is 0. The van der Waals surface area contributed by atoms with E-state index in [9.17, 15) is 8.42 Å². The molecule has 0 aliphatic carbocycles. The Balaban J connectivity index is 2.60. The van der Waals surface area contributed by atoms with Crippen molar-refractivity contribution in [2.45, 2.75) is 32.6 Å². The molecule has 1 unspecified atom stereocenters. The Morgan fingerprint density at radius 3 is 2.78 bits per heavy atom. The van der Waals surface area contributed by atoms with E-state index in [-0.39, 0.29) is 0 Å². The molecule has 1 rings (SSSR count). The molecule has 18 heavy (non-hydrogen) atoms. The van der Waals surface area contributed by atoms with Crippen LogP contribution in [0.4, 0.5) is 0 Å². The maximum absolute atomic E-state index is 12.4. The highest BCUT2D eigenvalue weighted by Gasteiger charge is 2.31. The van der Waals surface area contributed by atoms with Crippen LogP contribution >= 0.6 is 0 Å². The molecule has 1 atom stereocenters. The second kappa shape index (κ2) is 7.43. The molecule has 1 heterocycles. The molecular formula is C12H27N3O2S. The number of rotatable bonds is 7. The standard InChI is InChI=1S/C12H27N3O2S/c1-4-5-8-14(3)18(16,17)15-9-6-7-12(11-15)10-13-2/h12-13H,4-11H2,1-3H3. The fourth-order valence-corrected chi connectivity index (χ4v) is 3.90. The summed E-state index contributed by atoms with van der Waals surface area (Å²) in [5.74, 6) is 0.443. The molecule has 0 aromatic heterocycles. The fourth-order valence-electron chi connectivity index (χ4n) is 2.38. The number of nitrogens with zero attached hydrogens (tertiary/aromatic N) is 2. The van der Waals surface area contributed by atoms with Crippen LogP contribution in [0.25, 0.3) is 0 Å². The van der Waals surface area contributed by atoms with Gasteiger partial charge in [0.25, 0.3) is 10.2 Å². The lowest BCUT2D eigenvalue weighted by atomic mass is 10.00. The Morgan fingerprint density at radius 1 is 1.44 bits per heavy atom. The van der Waals surface area contributed by atoms with Gasteiger partial charge in [0.1, 0.15) is 0 Å². The quantitative estimate of drug-likeness (QED) is 0.752. The molecule has 0 saturated carbocycles. The second-order valence-corrected chi connectivity index (χ2v) is 7.14. The highest BCUT2D eigenvalue weighted by atomic mass is 32.2. The van der Waals surface area contributed by atoms with Gasteiger partial charge in [0.05, 0.1) is 0 Å². The Morgan fingerprint density at radius 2 is 2.17 bits per heavy atom. The average Bonchev–Trinajstić information content (AvgIpc) is 2.36. The SMILES string of the molecule is CCCCN(C)S(=O)(=O)N1CCCC(CNC)C1. The molecule has 0 spiro atoms. The molecule has 0 aromatic rings. The van der Waals surface area contributed by atoms with Crippen LogP contribution < -0.4 is 5.32 Å². The van der Waals surface area contributed by atoms with Crippen LogP contribution in [0.15, 0.2) is 0 Å². The molecule has 108 valence electrons. The van der Waals surface area contributed by atoms with E-state index < -0.39 is 10.2 Å². The van der Waals surface area contributed by atoms with Gasteiger partial charge in [-0.25, -0.2) is 0 Å². The minimum Gasteiger partial charge on any atom is -0.319 e. The zero-order valence-corrected chi connectivity index (χ0v) is 12.7. The number of nitrogens with one attached hydrogen (secondary N) is 1. The topological polar surface area (TPSA) is 52.7 Å².